The maximum atomic E-state index is 11.7. The molecule has 2 aromatic rings. The van der Waals surface area contributed by atoms with Crippen molar-refractivity contribution in [2.45, 2.75) is 38.7 Å². The molecule has 0 bridgehead atoms. The monoisotopic (exact) mass is 326 g/mol. The lowest BCUT2D eigenvalue weighted by molar-refractivity contribution is -0.144. The summed E-state index contributed by atoms with van der Waals surface area (Å²) in [5, 5.41) is 0. The molecule has 0 spiro atoms. The first kappa shape index (κ1) is 18.2. The fourth-order valence-corrected chi connectivity index (χ4v) is 2.45. The van der Waals surface area contributed by atoms with Crippen molar-refractivity contribution in [2.24, 2.45) is 0 Å². The highest BCUT2D eigenvalue weighted by Gasteiger charge is 2.07. The minimum Gasteiger partial charge on any atom is -0.466 e. The Morgan fingerprint density at radius 3 is 2.33 bits per heavy atom. The molecule has 0 fully saturated rings. The molecular formula is C21H26O3. The molecule has 24 heavy (non-hydrogen) atoms. The molecule has 0 aliphatic rings. The highest BCUT2D eigenvalue weighted by Crippen LogP contribution is 2.18. The maximum Gasteiger partial charge on any atom is 0.305 e. The zero-order valence-electron chi connectivity index (χ0n) is 14.3. The van der Waals surface area contributed by atoms with Gasteiger partial charge in [0.15, 0.2) is 0 Å². The summed E-state index contributed by atoms with van der Waals surface area (Å²) >= 11 is 0. The van der Waals surface area contributed by atoms with Crippen molar-refractivity contribution in [1.82, 2.24) is 0 Å². The van der Waals surface area contributed by atoms with Gasteiger partial charge in [-0.2, -0.15) is 0 Å². The van der Waals surface area contributed by atoms with E-state index >= 15 is 0 Å². The quantitative estimate of drug-likeness (QED) is 0.468. The smallest absolute Gasteiger partial charge is 0.305 e. The SMILES string of the molecule is CC(CCOC(=O)CCCOCc1ccccc1)c1ccccc1. The molecule has 0 aliphatic heterocycles. The third-order valence-corrected chi connectivity index (χ3v) is 3.96. The van der Waals surface area contributed by atoms with E-state index in [0.717, 1.165) is 12.0 Å². The zero-order valence-corrected chi connectivity index (χ0v) is 14.3. The standard InChI is InChI=1S/C21H26O3/c1-18(20-11-6-3-7-12-20)14-16-24-21(22)13-8-15-23-17-19-9-4-2-5-10-19/h2-7,9-12,18H,8,13-17H2,1H3. The van der Waals surface area contributed by atoms with Gasteiger partial charge in [0.25, 0.3) is 0 Å². The van der Waals surface area contributed by atoms with Gasteiger partial charge in [0.1, 0.15) is 0 Å². The maximum absolute atomic E-state index is 11.7. The van der Waals surface area contributed by atoms with E-state index in [-0.39, 0.29) is 5.97 Å². The molecular weight excluding hydrogens is 300 g/mol. The predicted molar refractivity (Wildman–Crippen MR) is 95.8 cm³/mol. The first-order chi connectivity index (χ1) is 11.8. The third-order valence-electron chi connectivity index (χ3n) is 3.96. The summed E-state index contributed by atoms with van der Waals surface area (Å²) < 4.78 is 10.9. The van der Waals surface area contributed by atoms with E-state index in [1.54, 1.807) is 0 Å². The van der Waals surface area contributed by atoms with Crippen LogP contribution in [-0.4, -0.2) is 19.2 Å². The van der Waals surface area contributed by atoms with Crippen LogP contribution in [0.3, 0.4) is 0 Å². The molecule has 0 amide bonds. The number of carbonyl (C=O) groups excluding carboxylic acids is 1. The van der Waals surface area contributed by atoms with Crippen LogP contribution in [0, 0.1) is 0 Å². The number of esters is 1. The molecule has 0 saturated carbocycles. The summed E-state index contributed by atoms with van der Waals surface area (Å²) in [5.41, 5.74) is 2.43. The highest BCUT2D eigenvalue weighted by atomic mass is 16.5. The van der Waals surface area contributed by atoms with Crippen molar-refractivity contribution in [3.8, 4) is 0 Å². The van der Waals surface area contributed by atoms with Crippen LogP contribution in [0.5, 0.6) is 0 Å². The van der Waals surface area contributed by atoms with Gasteiger partial charge in [-0.15, -0.1) is 0 Å². The van der Waals surface area contributed by atoms with E-state index in [1.807, 2.05) is 48.5 Å². The molecule has 1 atom stereocenters. The van der Waals surface area contributed by atoms with Crippen LogP contribution < -0.4 is 0 Å². The molecule has 0 aromatic heterocycles. The van der Waals surface area contributed by atoms with Crippen LogP contribution in [0.15, 0.2) is 60.7 Å². The Bertz CT molecular complexity index is 581. The second kappa shape index (κ2) is 10.6. The predicted octanol–water partition coefficient (Wildman–Crippen LogP) is 4.72. The van der Waals surface area contributed by atoms with Gasteiger partial charge < -0.3 is 9.47 Å². The minimum absolute atomic E-state index is 0.140. The molecule has 2 aromatic carbocycles. The molecule has 0 aliphatic carbocycles. The zero-order chi connectivity index (χ0) is 17.0. The number of hydrogen-bond acceptors (Lipinski definition) is 3. The molecule has 128 valence electrons. The van der Waals surface area contributed by atoms with Crippen molar-refractivity contribution >= 4 is 5.97 Å². The summed E-state index contributed by atoms with van der Waals surface area (Å²) in [7, 11) is 0. The molecule has 0 saturated heterocycles. The Hall–Kier alpha value is -2.13. The normalized spacial score (nSPS) is 11.9. The van der Waals surface area contributed by atoms with Crippen LogP contribution in [0.2, 0.25) is 0 Å². The van der Waals surface area contributed by atoms with Gasteiger partial charge in [-0.3, -0.25) is 4.79 Å². The van der Waals surface area contributed by atoms with Crippen LogP contribution in [0.4, 0.5) is 0 Å². The molecule has 0 radical (unpaired) electrons. The van der Waals surface area contributed by atoms with E-state index in [2.05, 4.69) is 19.1 Å². The summed E-state index contributed by atoms with van der Waals surface area (Å²) in [6.07, 6.45) is 1.95. The van der Waals surface area contributed by atoms with E-state index in [1.165, 1.54) is 5.56 Å². The van der Waals surface area contributed by atoms with Crippen LogP contribution >= 0.6 is 0 Å². The fourth-order valence-electron chi connectivity index (χ4n) is 2.45. The summed E-state index contributed by atoms with van der Waals surface area (Å²) in [6.45, 7) is 3.79. The number of carbonyl (C=O) groups is 1. The molecule has 0 N–H and O–H groups in total. The molecule has 0 heterocycles. The minimum atomic E-state index is -0.140. The average molecular weight is 326 g/mol. The molecule has 1 unspecified atom stereocenters. The van der Waals surface area contributed by atoms with Crippen molar-refractivity contribution < 1.29 is 14.3 Å². The summed E-state index contributed by atoms with van der Waals surface area (Å²) in [5.74, 6) is 0.256. The van der Waals surface area contributed by atoms with E-state index in [4.69, 9.17) is 9.47 Å². The Morgan fingerprint density at radius 2 is 1.62 bits per heavy atom. The van der Waals surface area contributed by atoms with E-state index < -0.39 is 0 Å². The molecule has 3 nitrogen and oxygen atoms in total. The third kappa shape index (κ3) is 6.97. The van der Waals surface area contributed by atoms with Gasteiger partial charge in [0, 0.05) is 13.0 Å². The van der Waals surface area contributed by atoms with E-state index in [0.29, 0.717) is 38.6 Å². The first-order valence-corrected chi connectivity index (χ1v) is 8.58. The van der Waals surface area contributed by atoms with Crippen molar-refractivity contribution in [2.75, 3.05) is 13.2 Å². The van der Waals surface area contributed by atoms with Gasteiger partial charge >= 0.3 is 5.97 Å². The summed E-state index contributed by atoms with van der Waals surface area (Å²) in [6, 6.07) is 20.3. The number of ether oxygens (including phenoxy) is 2. The van der Waals surface area contributed by atoms with Gasteiger partial charge in [-0.25, -0.2) is 0 Å². The Morgan fingerprint density at radius 1 is 0.958 bits per heavy atom. The lowest BCUT2D eigenvalue weighted by Gasteiger charge is -2.12. The Labute approximate surface area is 144 Å². The number of benzene rings is 2. The average Bonchev–Trinajstić information content (AvgIpc) is 2.63. The Balaban J connectivity index is 1.51. The van der Waals surface area contributed by atoms with Gasteiger partial charge in [0.2, 0.25) is 0 Å². The lowest BCUT2D eigenvalue weighted by Crippen LogP contribution is -2.09. The first-order valence-electron chi connectivity index (χ1n) is 8.58. The Kier molecular flexibility index (Phi) is 8.05. The van der Waals surface area contributed by atoms with Gasteiger partial charge in [-0.1, -0.05) is 67.6 Å². The largest absolute Gasteiger partial charge is 0.466 e. The number of hydrogen-bond donors (Lipinski definition) is 0. The van der Waals surface area contributed by atoms with Crippen molar-refractivity contribution in [1.29, 1.82) is 0 Å². The highest BCUT2D eigenvalue weighted by molar-refractivity contribution is 5.69. The van der Waals surface area contributed by atoms with Crippen molar-refractivity contribution in [3.63, 3.8) is 0 Å². The molecule has 3 heteroatoms. The molecule has 2 rings (SSSR count). The van der Waals surface area contributed by atoms with Gasteiger partial charge in [0.05, 0.1) is 13.2 Å². The van der Waals surface area contributed by atoms with Crippen LogP contribution in [-0.2, 0) is 20.9 Å². The number of rotatable bonds is 10. The van der Waals surface area contributed by atoms with Crippen LogP contribution in [0.25, 0.3) is 0 Å². The second-order valence-electron chi connectivity index (χ2n) is 5.96. The second-order valence-corrected chi connectivity index (χ2v) is 5.96. The van der Waals surface area contributed by atoms with Gasteiger partial charge in [-0.05, 0) is 29.9 Å². The van der Waals surface area contributed by atoms with Crippen LogP contribution in [0.1, 0.15) is 43.2 Å². The lowest BCUT2D eigenvalue weighted by atomic mass is 9.98. The topological polar surface area (TPSA) is 35.5 Å². The van der Waals surface area contributed by atoms with Crippen molar-refractivity contribution in [3.05, 3.63) is 71.8 Å². The summed E-state index contributed by atoms with van der Waals surface area (Å²) in [4.78, 5) is 11.7. The fraction of sp³-hybridized carbons (Fsp3) is 0.381. The van der Waals surface area contributed by atoms with E-state index in [9.17, 15) is 4.79 Å².